The van der Waals surface area contributed by atoms with Crippen LogP contribution in [0.15, 0.2) is 39.5 Å². The van der Waals surface area contributed by atoms with Crippen LogP contribution in [-0.4, -0.2) is 10.7 Å². The number of aryl methyl sites for hydroxylation is 1. The van der Waals surface area contributed by atoms with Crippen molar-refractivity contribution in [2.24, 2.45) is 0 Å². The standard InChI is InChI=1S/C16H13NO5/c18-14-5-2-6-15-13(14)9-11(16(19)22-15)7-10-3-1-4-12(8-10)17(20)21/h1,3-4,8-9H,2,5-7H2. The van der Waals surface area contributed by atoms with Crippen LogP contribution in [0.25, 0.3) is 0 Å². The number of non-ortho nitro benzene ring substituents is 1. The number of nitro groups is 1. The molecule has 1 aromatic carbocycles. The Hall–Kier alpha value is -2.76. The molecule has 0 amide bonds. The van der Waals surface area contributed by atoms with E-state index in [0.717, 1.165) is 0 Å². The van der Waals surface area contributed by atoms with Gasteiger partial charge in [0.1, 0.15) is 5.76 Å². The van der Waals surface area contributed by atoms with E-state index in [9.17, 15) is 19.7 Å². The fourth-order valence-corrected chi connectivity index (χ4v) is 2.64. The third-order valence-corrected chi connectivity index (χ3v) is 3.72. The van der Waals surface area contributed by atoms with Crippen molar-refractivity contribution in [3.8, 4) is 0 Å². The van der Waals surface area contributed by atoms with Gasteiger partial charge in [-0.15, -0.1) is 0 Å². The topological polar surface area (TPSA) is 90.4 Å². The van der Waals surface area contributed by atoms with E-state index in [1.54, 1.807) is 18.2 Å². The summed E-state index contributed by atoms with van der Waals surface area (Å²) in [7, 11) is 0. The summed E-state index contributed by atoms with van der Waals surface area (Å²) in [4.78, 5) is 34.2. The molecule has 0 N–H and O–H groups in total. The van der Waals surface area contributed by atoms with E-state index >= 15 is 0 Å². The van der Waals surface area contributed by atoms with Gasteiger partial charge in [-0.05, 0) is 18.1 Å². The molecule has 0 spiro atoms. The summed E-state index contributed by atoms with van der Waals surface area (Å²) in [5.74, 6) is 0.425. The smallest absolute Gasteiger partial charge is 0.339 e. The van der Waals surface area contributed by atoms with Gasteiger partial charge in [-0.2, -0.15) is 0 Å². The Morgan fingerprint density at radius 2 is 2.00 bits per heavy atom. The zero-order valence-electron chi connectivity index (χ0n) is 11.7. The van der Waals surface area contributed by atoms with Gasteiger partial charge in [0.2, 0.25) is 0 Å². The van der Waals surface area contributed by atoms with Crippen molar-refractivity contribution in [1.29, 1.82) is 0 Å². The number of ketones is 1. The normalized spacial score (nSPS) is 13.7. The fraction of sp³-hybridized carbons (Fsp3) is 0.250. The number of hydrogen-bond donors (Lipinski definition) is 0. The molecular weight excluding hydrogens is 286 g/mol. The first-order chi connectivity index (χ1) is 10.5. The van der Waals surface area contributed by atoms with Crippen LogP contribution in [0.3, 0.4) is 0 Å². The van der Waals surface area contributed by atoms with Gasteiger partial charge < -0.3 is 4.42 Å². The van der Waals surface area contributed by atoms with Crippen molar-refractivity contribution >= 4 is 11.5 Å². The number of rotatable bonds is 3. The number of carbonyl (C=O) groups is 1. The van der Waals surface area contributed by atoms with Gasteiger partial charge in [-0.1, -0.05) is 12.1 Å². The Kier molecular flexibility index (Phi) is 3.58. The molecule has 2 aromatic rings. The van der Waals surface area contributed by atoms with Crippen LogP contribution in [0, 0.1) is 10.1 Å². The molecule has 6 nitrogen and oxygen atoms in total. The maximum absolute atomic E-state index is 12.0. The minimum atomic E-state index is -0.486. The van der Waals surface area contributed by atoms with Gasteiger partial charge in [0.05, 0.1) is 10.5 Å². The number of nitrogens with zero attached hydrogens (tertiary/aromatic N) is 1. The number of hydrogen-bond acceptors (Lipinski definition) is 5. The monoisotopic (exact) mass is 299 g/mol. The van der Waals surface area contributed by atoms with Crippen molar-refractivity contribution in [3.05, 3.63) is 73.3 Å². The Morgan fingerprint density at radius 1 is 1.18 bits per heavy atom. The maximum Gasteiger partial charge on any atom is 0.339 e. The summed E-state index contributed by atoms with van der Waals surface area (Å²) in [6.45, 7) is 0. The van der Waals surface area contributed by atoms with E-state index in [-0.39, 0.29) is 17.9 Å². The Bertz CT molecular complexity index is 822. The lowest BCUT2D eigenvalue weighted by atomic mass is 9.94. The van der Waals surface area contributed by atoms with Gasteiger partial charge in [-0.3, -0.25) is 14.9 Å². The number of benzene rings is 1. The molecule has 0 saturated heterocycles. The summed E-state index contributed by atoms with van der Waals surface area (Å²) < 4.78 is 5.24. The van der Waals surface area contributed by atoms with Crippen molar-refractivity contribution in [3.63, 3.8) is 0 Å². The van der Waals surface area contributed by atoms with E-state index in [2.05, 4.69) is 0 Å². The minimum Gasteiger partial charge on any atom is -0.427 e. The molecule has 112 valence electrons. The summed E-state index contributed by atoms with van der Waals surface area (Å²) in [5, 5.41) is 10.8. The average Bonchev–Trinajstić information content (AvgIpc) is 2.49. The van der Waals surface area contributed by atoms with Crippen LogP contribution in [-0.2, 0) is 12.8 Å². The van der Waals surface area contributed by atoms with Gasteiger partial charge in [0, 0.05) is 37.0 Å². The molecule has 0 aliphatic heterocycles. The highest BCUT2D eigenvalue weighted by molar-refractivity contribution is 5.97. The molecule has 1 aliphatic rings. The lowest BCUT2D eigenvalue weighted by molar-refractivity contribution is -0.384. The van der Waals surface area contributed by atoms with Crippen LogP contribution in [0.4, 0.5) is 5.69 Å². The maximum atomic E-state index is 12.0. The Morgan fingerprint density at radius 3 is 2.77 bits per heavy atom. The van der Waals surface area contributed by atoms with Crippen LogP contribution in [0.2, 0.25) is 0 Å². The highest BCUT2D eigenvalue weighted by Crippen LogP contribution is 2.22. The number of fused-ring (bicyclic) bond motifs is 1. The second-order valence-corrected chi connectivity index (χ2v) is 5.28. The first-order valence-electron chi connectivity index (χ1n) is 6.97. The van der Waals surface area contributed by atoms with Crippen molar-refractivity contribution in [2.45, 2.75) is 25.7 Å². The molecule has 1 heterocycles. The second kappa shape index (κ2) is 5.55. The zero-order valence-corrected chi connectivity index (χ0v) is 11.7. The number of Topliss-reactive ketones (excluding diaryl/α,β-unsaturated/α-hetero) is 1. The molecule has 0 radical (unpaired) electrons. The summed E-state index contributed by atoms with van der Waals surface area (Å²) in [6, 6.07) is 7.65. The van der Waals surface area contributed by atoms with Crippen LogP contribution in [0.1, 0.15) is 40.1 Å². The van der Waals surface area contributed by atoms with Crippen LogP contribution in [0.5, 0.6) is 0 Å². The van der Waals surface area contributed by atoms with Gasteiger partial charge >= 0.3 is 5.63 Å². The van der Waals surface area contributed by atoms with Gasteiger partial charge in [0.25, 0.3) is 5.69 Å². The van der Waals surface area contributed by atoms with E-state index in [0.29, 0.717) is 41.7 Å². The van der Waals surface area contributed by atoms with Crippen molar-refractivity contribution < 1.29 is 14.1 Å². The first kappa shape index (κ1) is 14.2. The predicted molar refractivity (Wildman–Crippen MR) is 78.1 cm³/mol. The van der Waals surface area contributed by atoms with Crippen LogP contribution < -0.4 is 5.63 Å². The van der Waals surface area contributed by atoms with Crippen LogP contribution >= 0.6 is 0 Å². The van der Waals surface area contributed by atoms with E-state index in [4.69, 9.17) is 4.42 Å². The summed E-state index contributed by atoms with van der Waals surface area (Å²) in [6.07, 6.45) is 1.94. The largest absolute Gasteiger partial charge is 0.427 e. The molecule has 1 aromatic heterocycles. The van der Waals surface area contributed by atoms with Gasteiger partial charge in [-0.25, -0.2) is 4.79 Å². The Balaban J connectivity index is 1.97. The first-order valence-corrected chi connectivity index (χ1v) is 6.97. The quantitative estimate of drug-likeness (QED) is 0.642. The molecule has 22 heavy (non-hydrogen) atoms. The summed E-state index contributed by atoms with van der Waals surface area (Å²) >= 11 is 0. The SMILES string of the molecule is O=C1CCCc2oc(=O)c(Cc3cccc([N+](=O)[O-])c3)cc21. The molecule has 6 heteroatoms. The number of carbonyl (C=O) groups excluding carboxylic acids is 1. The Labute approximate surface area is 125 Å². The third kappa shape index (κ3) is 2.67. The van der Waals surface area contributed by atoms with E-state index in [1.165, 1.54) is 12.1 Å². The molecule has 0 fully saturated rings. The lowest BCUT2D eigenvalue weighted by Crippen LogP contribution is -2.18. The fourth-order valence-electron chi connectivity index (χ4n) is 2.64. The molecular formula is C16H13NO5. The highest BCUT2D eigenvalue weighted by atomic mass is 16.6. The molecule has 0 saturated carbocycles. The molecule has 1 aliphatic carbocycles. The zero-order chi connectivity index (χ0) is 15.7. The minimum absolute atomic E-state index is 0.0229. The van der Waals surface area contributed by atoms with E-state index in [1.807, 2.05) is 0 Å². The number of nitro benzene ring substituents is 1. The predicted octanol–water partition coefficient (Wildman–Crippen LogP) is 2.66. The molecule has 3 rings (SSSR count). The van der Waals surface area contributed by atoms with Crippen molar-refractivity contribution in [1.82, 2.24) is 0 Å². The summed E-state index contributed by atoms with van der Waals surface area (Å²) in [5.41, 5.74) is 0.918. The van der Waals surface area contributed by atoms with Crippen molar-refractivity contribution in [2.75, 3.05) is 0 Å². The third-order valence-electron chi connectivity index (χ3n) is 3.72. The highest BCUT2D eigenvalue weighted by Gasteiger charge is 2.21. The molecule has 0 atom stereocenters. The molecule has 0 bridgehead atoms. The lowest BCUT2D eigenvalue weighted by Gasteiger charge is -2.13. The van der Waals surface area contributed by atoms with Gasteiger partial charge in [0.15, 0.2) is 5.78 Å². The molecule has 0 unspecified atom stereocenters. The average molecular weight is 299 g/mol. The van der Waals surface area contributed by atoms with E-state index < -0.39 is 10.5 Å². The second-order valence-electron chi connectivity index (χ2n) is 5.28.